The van der Waals surface area contributed by atoms with Crippen molar-refractivity contribution in [2.45, 2.75) is 6.92 Å². The first-order valence-electron chi connectivity index (χ1n) is 6.97. The number of fused-ring (bicyclic) bond motifs is 1. The SMILES string of the molecule is Cc1ccc(-c2csc3nc(NC(=O)c4cccs4)nn23)cc1. The first-order chi connectivity index (χ1) is 11.2. The zero-order valence-corrected chi connectivity index (χ0v) is 13.8. The molecule has 0 atom stereocenters. The average Bonchev–Trinajstić information content (AvgIpc) is 3.24. The second-order valence-electron chi connectivity index (χ2n) is 5.05. The topological polar surface area (TPSA) is 59.3 Å². The third kappa shape index (κ3) is 2.64. The lowest BCUT2D eigenvalue weighted by Crippen LogP contribution is -2.11. The Morgan fingerprint density at radius 1 is 1.17 bits per heavy atom. The second-order valence-corrected chi connectivity index (χ2v) is 6.83. The number of nitrogens with one attached hydrogen (secondary N) is 1. The van der Waals surface area contributed by atoms with Gasteiger partial charge in [0, 0.05) is 10.9 Å². The quantitative estimate of drug-likeness (QED) is 0.611. The molecule has 114 valence electrons. The maximum absolute atomic E-state index is 12.1. The Labute approximate surface area is 140 Å². The van der Waals surface area contributed by atoms with Crippen LogP contribution in [0.3, 0.4) is 0 Å². The van der Waals surface area contributed by atoms with E-state index in [-0.39, 0.29) is 5.91 Å². The monoisotopic (exact) mass is 340 g/mol. The molecule has 0 saturated heterocycles. The number of carbonyl (C=O) groups is 1. The molecule has 23 heavy (non-hydrogen) atoms. The summed E-state index contributed by atoms with van der Waals surface area (Å²) in [5.74, 6) is 0.138. The molecule has 0 radical (unpaired) electrons. The van der Waals surface area contributed by atoms with Crippen molar-refractivity contribution in [1.82, 2.24) is 14.6 Å². The highest BCUT2D eigenvalue weighted by molar-refractivity contribution is 7.15. The van der Waals surface area contributed by atoms with Gasteiger partial charge in [-0.3, -0.25) is 10.1 Å². The molecule has 0 aliphatic carbocycles. The van der Waals surface area contributed by atoms with Gasteiger partial charge in [-0.2, -0.15) is 4.98 Å². The summed E-state index contributed by atoms with van der Waals surface area (Å²) < 4.78 is 1.76. The minimum atomic E-state index is -0.185. The fourth-order valence-corrected chi connectivity index (χ4v) is 3.68. The molecule has 7 heteroatoms. The first-order valence-corrected chi connectivity index (χ1v) is 8.73. The van der Waals surface area contributed by atoms with Crippen LogP contribution in [-0.2, 0) is 0 Å². The maximum Gasteiger partial charge on any atom is 0.268 e. The van der Waals surface area contributed by atoms with Crippen molar-refractivity contribution in [1.29, 1.82) is 0 Å². The molecule has 0 aliphatic heterocycles. The summed E-state index contributed by atoms with van der Waals surface area (Å²) in [5, 5.41) is 11.0. The van der Waals surface area contributed by atoms with Crippen LogP contribution in [0.2, 0.25) is 0 Å². The Bertz CT molecular complexity index is 968. The van der Waals surface area contributed by atoms with E-state index in [0.29, 0.717) is 10.8 Å². The molecule has 1 amide bonds. The summed E-state index contributed by atoms with van der Waals surface area (Å²) in [6.45, 7) is 2.06. The van der Waals surface area contributed by atoms with Crippen LogP contribution in [-0.4, -0.2) is 20.5 Å². The smallest absolute Gasteiger partial charge is 0.268 e. The van der Waals surface area contributed by atoms with E-state index >= 15 is 0 Å². The summed E-state index contributed by atoms with van der Waals surface area (Å²) in [7, 11) is 0. The highest BCUT2D eigenvalue weighted by atomic mass is 32.1. The highest BCUT2D eigenvalue weighted by Crippen LogP contribution is 2.26. The third-order valence-electron chi connectivity index (χ3n) is 3.40. The van der Waals surface area contributed by atoms with Crippen molar-refractivity contribution in [3.8, 4) is 11.3 Å². The van der Waals surface area contributed by atoms with E-state index in [2.05, 4.69) is 46.6 Å². The van der Waals surface area contributed by atoms with E-state index in [9.17, 15) is 4.79 Å². The van der Waals surface area contributed by atoms with Crippen molar-refractivity contribution in [3.05, 3.63) is 57.6 Å². The molecule has 0 unspecified atom stereocenters. The van der Waals surface area contributed by atoms with E-state index in [1.807, 2.05) is 16.8 Å². The number of aryl methyl sites for hydroxylation is 1. The van der Waals surface area contributed by atoms with E-state index in [1.165, 1.54) is 28.2 Å². The Morgan fingerprint density at radius 2 is 2.00 bits per heavy atom. The van der Waals surface area contributed by atoms with Crippen LogP contribution < -0.4 is 5.32 Å². The highest BCUT2D eigenvalue weighted by Gasteiger charge is 2.14. The summed E-state index contributed by atoms with van der Waals surface area (Å²) in [6, 6.07) is 11.9. The molecule has 1 N–H and O–H groups in total. The van der Waals surface area contributed by atoms with Crippen molar-refractivity contribution in [2.24, 2.45) is 0 Å². The number of thiazole rings is 1. The van der Waals surface area contributed by atoms with Gasteiger partial charge in [-0.25, -0.2) is 4.52 Å². The number of nitrogens with zero attached hydrogens (tertiary/aromatic N) is 3. The molecular weight excluding hydrogens is 328 g/mol. The first kappa shape index (κ1) is 14.1. The molecule has 0 spiro atoms. The number of amides is 1. The minimum absolute atomic E-state index is 0.185. The number of benzene rings is 1. The lowest BCUT2D eigenvalue weighted by Gasteiger charge is -2.00. The molecule has 1 aromatic carbocycles. The molecule has 4 aromatic rings. The van der Waals surface area contributed by atoms with Gasteiger partial charge in [0.2, 0.25) is 4.96 Å². The van der Waals surface area contributed by atoms with Crippen molar-refractivity contribution in [3.63, 3.8) is 0 Å². The van der Waals surface area contributed by atoms with Crippen molar-refractivity contribution >= 4 is 39.5 Å². The summed E-state index contributed by atoms with van der Waals surface area (Å²) in [5.41, 5.74) is 3.25. The maximum atomic E-state index is 12.1. The summed E-state index contributed by atoms with van der Waals surface area (Å²) in [6.07, 6.45) is 0. The number of rotatable bonds is 3. The van der Waals surface area contributed by atoms with E-state index in [1.54, 1.807) is 10.6 Å². The lowest BCUT2D eigenvalue weighted by molar-refractivity contribution is 0.102. The predicted octanol–water partition coefficient (Wildman–Crippen LogP) is 4.08. The Morgan fingerprint density at radius 3 is 2.74 bits per heavy atom. The molecule has 3 heterocycles. The van der Waals surface area contributed by atoms with E-state index in [0.717, 1.165) is 16.2 Å². The number of hydrogen-bond acceptors (Lipinski definition) is 5. The van der Waals surface area contributed by atoms with Gasteiger partial charge in [-0.15, -0.1) is 27.8 Å². The van der Waals surface area contributed by atoms with Crippen molar-refractivity contribution < 1.29 is 4.79 Å². The second kappa shape index (κ2) is 5.60. The van der Waals surface area contributed by atoms with Gasteiger partial charge in [0.25, 0.3) is 11.9 Å². The summed E-state index contributed by atoms with van der Waals surface area (Å²) >= 11 is 2.89. The Hall–Kier alpha value is -2.51. The van der Waals surface area contributed by atoms with Crippen molar-refractivity contribution in [2.75, 3.05) is 5.32 Å². The predicted molar refractivity (Wildman–Crippen MR) is 93.3 cm³/mol. The van der Waals surface area contributed by atoms with Crippen LogP contribution in [0.5, 0.6) is 0 Å². The number of carbonyl (C=O) groups excluding carboxylic acids is 1. The Balaban J connectivity index is 1.66. The van der Waals surface area contributed by atoms with Gasteiger partial charge in [0.1, 0.15) is 0 Å². The minimum Gasteiger partial charge on any atom is -0.288 e. The average molecular weight is 340 g/mol. The number of hydrogen-bond donors (Lipinski definition) is 1. The fourth-order valence-electron chi connectivity index (χ4n) is 2.23. The number of anilines is 1. The molecule has 0 saturated carbocycles. The molecule has 3 aromatic heterocycles. The normalized spacial score (nSPS) is 11.0. The molecule has 5 nitrogen and oxygen atoms in total. The van der Waals surface area contributed by atoms with Crippen LogP contribution in [0, 0.1) is 6.92 Å². The van der Waals surface area contributed by atoms with Gasteiger partial charge in [-0.05, 0) is 18.4 Å². The zero-order valence-electron chi connectivity index (χ0n) is 12.2. The standard InChI is InChI=1S/C16H12N4OS2/c1-10-4-6-11(7-5-10)12-9-23-16-18-15(19-20(12)16)17-14(21)13-3-2-8-22-13/h2-9H,1H3,(H,17,19,21). The van der Waals surface area contributed by atoms with Gasteiger partial charge in [-0.1, -0.05) is 35.9 Å². The molecule has 4 rings (SSSR count). The van der Waals surface area contributed by atoms with E-state index < -0.39 is 0 Å². The largest absolute Gasteiger partial charge is 0.288 e. The molecule has 0 aliphatic rings. The van der Waals surface area contributed by atoms with Crippen LogP contribution in [0.4, 0.5) is 5.95 Å². The summed E-state index contributed by atoms with van der Waals surface area (Å²) in [4.78, 5) is 17.8. The van der Waals surface area contributed by atoms with Gasteiger partial charge in [0.15, 0.2) is 0 Å². The lowest BCUT2D eigenvalue weighted by atomic mass is 10.1. The number of thiophene rings is 1. The van der Waals surface area contributed by atoms with Crippen LogP contribution in [0.25, 0.3) is 16.2 Å². The fraction of sp³-hybridized carbons (Fsp3) is 0.0625. The van der Waals surface area contributed by atoms with Gasteiger partial charge >= 0.3 is 0 Å². The molecular formula is C16H12N4OS2. The van der Waals surface area contributed by atoms with Crippen LogP contribution >= 0.6 is 22.7 Å². The number of aromatic nitrogens is 3. The van der Waals surface area contributed by atoms with Crippen LogP contribution in [0.1, 0.15) is 15.2 Å². The van der Waals surface area contributed by atoms with E-state index in [4.69, 9.17) is 0 Å². The molecule has 0 bridgehead atoms. The van der Waals surface area contributed by atoms with Crippen LogP contribution in [0.15, 0.2) is 47.2 Å². The van der Waals surface area contributed by atoms with Gasteiger partial charge in [0.05, 0.1) is 10.6 Å². The Kier molecular flexibility index (Phi) is 3.44. The molecule has 0 fully saturated rings. The third-order valence-corrected chi connectivity index (χ3v) is 5.08. The zero-order chi connectivity index (χ0) is 15.8. The van der Waals surface area contributed by atoms with Gasteiger partial charge < -0.3 is 0 Å².